The highest BCUT2D eigenvalue weighted by molar-refractivity contribution is 7.91. The number of hydrogen-bond donors (Lipinski definition) is 1. The van der Waals surface area contributed by atoms with E-state index in [1.54, 1.807) is 12.1 Å². The van der Waals surface area contributed by atoms with Crippen LogP contribution in [0.25, 0.3) is 0 Å². The summed E-state index contributed by atoms with van der Waals surface area (Å²) in [5.74, 6) is 0.325. The molecule has 1 aliphatic rings. The Morgan fingerprint density at radius 2 is 1.85 bits per heavy atom. The summed E-state index contributed by atoms with van der Waals surface area (Å²) in [5, 5.41) is 0.503. The van der Waals surface area contributed by atoms with Crippen LogP contribution in [0.4, 0.5) is 5.82 Å². The number of rotatable bonds is 5. The maximum atomic E-state index is 13.1. The summed E-state index contributed by atoms with van der Waals surface area (Å²) in [6.07, 6.45) is 8.01. The Morgan fingerprint density at radius 1 is 1.15 bits per heavy atom. The van der Waals surface area contributed by atoms with Crippen molar-refractivity contribution < 1.29 is 8.42 Å². The van der Waals surface area contributed by atoms with Crippen molar-refractivity contribution in [3.05, 3.63) is 52.2 Å². The fraction of sp³-hybridized carbons (Fsp3) is 0.400. The lowest BCUT2D eigenvalue weighted by atomic mass is 9.97. The average molecular weight is 393 g/mol. The third kappa shape index (κ3) is 3.55. The molecule has 0 unspecified atom stereocenters. The molecule has 0 amide bonds. The zero-order valence-electron chi connectivity index (χ0n) is 15.3. The van der Waals surface area contributed by atoms with Gasteiger partial charge in [0.15, 0.2) is 0 Å². The number of sulfone groups is 1. The molecule has 1 aliphatic carbocycles. The third-order valence-electron chi connectivity index (χ3n) is 5.25. The number of halogens is 1. The highest BCUT2D eigenvalue weighted by atomic mass is 35.5. The molecule has 1 aromatic heterocycles. The van der Waals surface area contributed by atoms with Crippen LogP contribution in [0.2, 0.25) is 5.02 Å². The standard InChI is InChI=1S/C20H25ClN2O2S/c1-14-15(2)23(13-12-16-6-4-3-5-7-16)20(22)19(14)26(24,25)18-10-8-17(21)9-11-18/h6,8-11H,3-5,7,12-13,22H2,1-2H3. The number of nitrogens with zero attached hydrogens (tertiary/aromatic N) is 1. The van der Waals surface area contributed by atoms with Crippen molar-refractivity contribution in [2.75, 3.05) is 5.73 Å². The second-order valence-corrected chi connectivity index (χ2v) is 9.21. The Balaban J connectivity index is 1.96. The van der Waals surface area contributed by atoms with Crippen molar-refractivity contribution in [3.63, 3.8) is 0 Å². The molecule has 3 rings (SSSR count). The molecule has 0 saturated heterocycles. The van der Waals surface area contributed by atoms with E-state index in [4.69, 9.17) is 17.3 Å². The Morgan fingerprint density at radius 3 is 2.46 bits per heavy atom. The molecule has 0 saturated carbocycles. The van der Waals surface area contributed by atoms with Crippen molar-refractivity contribution in [2.45, 2.75) is 62.3 Å². The molecule has 0 bridgehead atoms. The van der Waals surface area contributed by atoms with Crippen LogP contribution in [0.5, 0.6) is 0 Å². The van der Waals surface area contributed by atoms with Gasteiger partial charge in [0.05, 0.1) is 4.90 Å². The van der Waals surface area contributed by atoms with E-state index in [2.05, 4.69) is 6.08 Å². The van der Waals surface area contributed by atoms with Crippen LogP contribution in [-0.4, -0.2) is 13.0 Å². The first-order valence-electron chi connectivity index (χ1n) is 8.96. The molecular weight excluding hydrogens is 368 g/mol. The van der Waals surface area contributed by atoms with Crippen LogP contribution in [0.3, 0.4) is 0 Å². The van der Waals surface area contributed by atoms with Gasteiger partial charge in [0.1, 0.15) is 10.7 Å². The number of aromatic nitrogens is 1. The van der Waals surface area contributed by atoms with E-state index in [1.165, 1.54) is 30.5 Å². The van der Waals surface area contributed by atoms with Gasteiger partial charge < -0.3 is 10.3 Å². The Bertz CT molecular complexity index is 941. The zero-order valence-corrected chi connectivity index (χ0v) is 16.8. The predicted octanol–water partition coefficient (Wildman–Crippen LogP) is 5.06. The number of anilines is 1. The van der Waals surface area contributed by atoms with Gasteiger partial charge in [-0.05, 0) is 75.8 Å². The van der Waals surface area contributed by atoms with E-state index in [1.807, 2.05) is 18.4 Å². The monoisotopic (exact) mass is 392 g/mol. The van der Waals surface area contributed by atoms with Gasteiger partial charge in [0.2, 0.25) is 9.84 Å². The van der Waals surface area contributed by atoms with E-state index in [0.29, 0.717) is 17.4 Å². The van der Waals surface area contributed by atoms with Gasteiger partial charge in [-0.15, -0.1) is 0 Å². The van der Waals surface area contributed by atoms with E-state index in [9.17, 15) is 8.42 Å². The van der Waals surface area contributed by atoms with Gasteiger partial charge >= 0.3 is 0 Å². The van der Waals surface area contributed by atoms with Gasteiger partial charge in [0, 0.05) is 17.3 Å². The molecule has 2 aromatic rings. The molecule has 140 valence electrons. The van der Waals surface area contributed by atoms with E-state index in [-0.39, 0.29) is 9.79 Å². The van der Waals surface area contributed by atoms with Crippen molar-refractivity contribution in [1.82, 2.24) is 4.57 Å². The molecule has 0 spiro atoms. The molecule has 2 N–H and O–H groups in total. The molecule has 1 heterocycles. The quantitative estimate of drug-likeness (QED) is 0.723. The topological polar surface area (TPSA) is 65.1 Å². The SMILES string of the molecule is Cc1c(S(=O)(=O)c2ccc(Cl)cc2)c(N)n(CCC2=CCCCC2)c1C. The Labute approximate surface area is 160 Å². The number of hydrogen-bond acceptors (Lipinski definition) is 3. The third-order valence-corrected chi connectivity index (χ3v) is 7.44. The lowest BCUT2D eigenvalue weighted by Crippen LogP contribution is -2.09. The van der Waals surface area contributed by atoms with Crippen molar-refractivity contribution in [1.29, 1.82) is 0 Å². The maximum Gasteiger partial charge on any atom is 0.210 e. The Kier molecular flexibility index (Phi) is 5.49. The molecule has 1 aromatic carbocycles. The summed E-state index contributed by atoms with van der Waals surface area (Å²) < 4.78 is 28.2. The van der Waals surface area contributed by atoms with Crippen molar-refractivity contribution in [3.8, 4) is 0 Å². The van der Waals surface area contributed by atoms with E-state index in [0.717, 1.165) is 30.5 Å². The fourth-order valence-electron chi connectivity index (χ4n) is 3.61. The highest BCUT2D eigenvalue weighted by Gasteiger charge is 2.28. The molecule has 0 radical (unpaired) electrons. The van der Waals surface area contributed by atoms with Crippen LogP contribution >= 0.6 is 11.6 Å². The first kappa shape index (κ1) is 19.1. The van der Waals surface area contributed by atoms with Crippen molar-refractivity contribution >= 4 is 27.3 Å². The van der Waals surface area contributed by atoms with Gasteiger partial charge in [-0.1, -0.05) is 23.3 Å². The normalized spacial score (nSPS) is 15.1. The number of benzene rings is 1. The minimum absolute atomic E-state index is 0.212. The minimum Gasteiger partial charge on any atom is -0.384 e. The van der Waals surface area contributed by atoms with Crippen LogP contribution in [0.1, 0.15) is 43.4 Å². The first-order valence-corrected chi connectivity index (χ1v) is 10.8. The maximum absolute atomic E-state index is 13.1. The summed E-state index contributed by atoms with van der Waals surface area (Å²) in [6, 6.07) is 6.21. The average Bonchev–Trinajstić information content (AvgIpc) is 2.84. The molecule has 0 fully saturated rings. The van der Waals surface area contributed by atoms with Crippen LogP contribution in [-0.2, 0) is 16.4 Å². The van der Waals surface area contributed by atoms with Crippen LogP contribution in [0, 0.1) is 13.8 Å². The van der Waals surface area contributed by atoms with Crippen LogP contribution < -0.4 is 5.73 Å². The highest BCUT2D eigenvalue weighted by Crippen LogP contribution is 2.34. The zero-order chi connectivity index (χ0) is 18.9. The molecule has 6 heteroatoms. The van der Waals surface area contributed by atoms with Gasteiger partial charge in [0.25, 0.3) is 0 Å². The first-order chi connectivity index (χ1) is 12.3. The molecule has 0 atom stereocenters. The summed E-state index contributed by atoms with van der Waals surface area (Å²) in [6.45, 7) is 4.47. The second-order valence-electron chi connectivity index (χ2n) is 6.89. The predicted molar refractivity (Wildman–Crippen MR) is 106 cm³/mol. The molecule has 26 heavy (non-hydrogen) atoms. The summed E-state index contributed by atoms with van der Waals surface area (Å²) >= 11 is 5.89. The minimum atomic E-state index is -3.68. The number of nitrogen functional groups attached to an aromatic ring is 1. The number of nitrogens with two attached hydrogens (primary N) is 1. The summed E-state index contributed by atoms with van der Waals surface area (Å²) in [7, 11) is -3.68. The summed E-state index contributed by atoms with van der Waals surface area (Å²) in [4.78, 5) is 0.429. The largest absolute Gasteiger partial charge is 0.384 e. The smallest absolute Gasteiger partial charge is 0.210 e. The van der Waals surface area contributed by atoms with E-state index < -0.39 is 9.84 Å². The molecular formula is C20H25ClN2O2S. The van der Waals surface area contributed by atoms with Gasteiger partial charge in [-0.25, -0.2) is 8.42 Å². The van der Waals surface area contributed by atoms with Crippen LogP contribution in [0.15, 0.2) is 45.7 Å². The molecule has 0 aliphatic heterocycles. The molecule has 4 nitrogen and oxygen atoms in total. The van der Waals surface area contributed by atoms with E-state index >= 15 is 0 Å². The lowest BCUT2D eigenvalue weighted by molar-refractivity contribution is 0.595. The van der Waals surface area contributed by atoms with Gasteiger partial charge in [-0.3, -0.25) is 0 Å². The van der Waals surface area contributed by atoms with Gasteiger partial charge in [-0.2, -0.15) is 0 Å². The fourth-order valence-corrected chi connectivity index (χ4v) is 5.40. The lowest BCUT2D eigenvalue weighted by Gasteiger charge is -2.15. The number of allylic oxidation sites excluding steroid dienone is 2. The Hall–Kier alpha value is -1.72. The van der Waals surface area contributed by atoms with Crippen molar-refractivity contribution in [2.24, 2.45) is 0 Å². The second kappa shape index (κ2) is 7.49. The summed E-state index contributed by atoms with van der Waals surface area (Å²) in [5.41, 5.74) is 9.39.